The average molecular weight is 951 g/mol. The van der Waals surface area contributed by atoms with Gasteiger partial charge in [0.2, 0.25) is 0 Å². The first-order chi connectivity index (χ1) is 31.8. The molecule has 15 heteroatoms. The van der Waals surface area contributed by atoms with Gasteiger partial charge in [-0.25, -0.2) is 4.57 Å². The molecule has 376 valence electrons. The molecule has 0 spiro atoms. The Bertz CT molecular complexity index is 1540. The van der Waals surface area contributed by atoms with Crippen molar-refractivity contribution in [1.29, 1.82) is 0 Å². The summed E-state index contributed by atoms with van der Waals surface area (Å²) in [4.78, 5) is 35.8. The van der Waals surface area contributed by atoms with Gasteiger partial charge in [0.1, 0.15) is 43.2 Å². The van der Waals surface area contributed by atoms with Crippen molar-refractivity contribution in [3.8, 4) is 0 Å². The van der Waals surface area contributed by atoms with E-state index < -0.39 is 81.8 Å². The molecular formula is C51H83O14P. The van der Waals surface area contributed by atoms with Crippen molar-refractivity contribution >= 4 is 19.8 Å². The second-order valence-corrected chi connectivity index (χ2v) is 17.8. The molecule has 1 aliphatic carbocycles. The number of unbranched alkanes of at least 4 members (excludes halogenated alkanes) is 9. The Morgan fingerprint density at radius 2 is 1.05 bits per heavy atom. The van der Waals surface area contributed by atoms with Crippen molar-refractivity contribution < 1.29 is 68.2 Å². The Labute approximate surface area is 394 Å². The third-order valence-electron chi connectivity index (χ3n) is 10.5. The maximum atomic E-state index is 12.8. The summed E-state index contributed by atoms with van der Waals surface area (Å²) in [7, 11) is -5.19. The number of rotatable bonds is 38. The first-order valence-electron chi connectivity index (χ1n) is 24.1. The molecule has 0 radical (unpaired) electrons. The molecule has 3 unspecified atom stereocenters. The molecule has 66 heavy (non-hydrogen) atoms. The molecule has 0 heterocycles. The zero-order chi connectivity index (χ0) is 48.7. The monoisotopic (exact) mass is 951 g/mol. The van der Waals surface area contributed by atoms with Gasteiger partial charge in [-0.05, 0) is 83.5 Å². The summed E-state index contributed by atoms with van der Waals surface area (Å²) in [6, 6.07) is 0. The molecule has 0 aromatic carbocycles. The lowest BCUT2D eigenvalue weighted by molar-refractivity contribution is -0.220. The maximum Gasteiger partial charge on any atom is 0.472 e. The SMILES string of the molecule is CC/C=C\C/C=C\C/C=C\C/C=C\CCCCCCCCC(=O)OC[C@H](COP(=O)(O)OC1[C@H](O)[C@H](O)C(O)[C@H](O)[C@H]1O)OC(=O)CCC[C@@H](O)/C=C/C=C\C/C=C\C/C=C\CCCCC. The Kier molecular flexibility index (Phi) is 36.5. The van der Waals surface area contributed by atoms with Crippen molar-refractivity contribution in [3.05, 3.63) is 97.2 Å². The highest BCUT2D eigenvalue weighted by atomic mass is 31.2. The molecule has 0 amide bonds. The van der Waals surface area contributed by atoms with Crippen LogP contribution in [0.15, 0.2) is 97.2 Å². The van der Waals surface area contributed by atoms with E-state index in [1.807, 2.05) is 12.2 Å². The van der Waals surface area contributed by atoms with E-state index in [9.17, 15) is 49.7 Å². The van der Waals surface area contributed by atoms with Gasteiger partial charge in [-0.3, -0.25) is 18.6 Å². The van der Waals surface area contributed by atoms with Crippen LogP contribution in [-0.2, 0) is 32.7 Å². The van der Waals surface area contributed by atoms with E-state index in [0.717, 1.165) is 83.5 Å². The molecule has 14 nitrogen and oxygen atoms in total. The number of carbonyl (C=O) groups excluding carboxylic acids is 2. The minimum absolute atomic E-state index is 0.104. The predicted octanol–water partition coefficient (Wildman–Crippen LogP) is 8.80. The lowest BCUT2D eigenvalue weighted by Gasteiger charge is -2.41. The molecule has 1 saturated carbocycles. The summed E-state index contributed by atoms with van der Waals surface area (Å²) in [5.74, 6) is -1.33. The standard InChI is InChI=1S/C51H83O14P/c1-3-5-7-9-11-13-15-17-18-19-20-21-22-24-26-28-30-32-34-38-44(53)62-40-43(41-63-66(60,61)65-51-49(58)47(56)46(55)48(57)50(51)59)64-45(54)39-35-37-42(52)36-33-31-29-27-25-23-16-14-12-10-8-6-4-2/h5,7,11-14,17-18,20-21,23,25,29,31,33,36,42-43,46-52,55-59H,3-4,6,8-10,15-16,19,22,24,26-28,30,32,34-35,37-41H2,1-2H3,(H,60,61)/b7-5-,13-11-,14-12-,18-17-,21-20-,25-23-,31-29-,36-33+/t42-,43+,46?,47-,48+,49+,50+,51?/m0/s1. The Morgan fingerprint density at radius 1 is 0.561 bits per heavy atom. The molecule has 0 aromatic heterocycles. The fourth-order valence-corrected chi connectivity index (χ4v) is 7.59. The zero-order valence-corrected chi connectivity index (χ0v) is 40.4. The molecule has 1 fully saturated rings. The lowest BCUT2D eigenvalue weighted by atomic mass is 9.85. The third-order valence-corrected chi connectivity index (χ3v) is 11.5. The van der Waals surface area contributed by atoms with Crippen molar-refractivity contribution in [2.75, 3.05) is 13.2 Å². The van der Waals surface area contributed by atoms with Crippen LogP contribution in [0.25, 0.3) is 0 Å². The molecule has 0 aliphatic heterocycles. The number of hydrogen-bond acceptors (Lipinski definition) is 13. The Balaban J connectivity index is 2.54. The van der Waals surface area contributed by atoms with Gasteiger partial charge < -0.3 is 45.0 Å². The zero-order valence-electron chi connectivity index (χ0n) is 39.6. The highest BCUT2D eigenvalue weighted by Crippen LogP contribution is 2.47. The number of carbonyl (C=O) groups is 2. The number of aliphatic hydroxyl groups excluding tert-OH is 6. The van der Waals surface area contributed by atoms with Crippen molar-refractivity contribution in [3.63, 3.8) is 0 Å². The van der Waals surface area contributed by atoms with Crippen LogP contribution in [0.2, 0.25) is 0 Å². The highest BCUT2D eigenvalue weighted by Gasteiger charge is 2.51. The van der Waals surface area contributed by atoms with E-state index in [-0.39, 0.29) is 25.7 Å². The Hall–Kier alpha value is -3.27. The minimum Gasteiger partial charge on any atom is -0.462 e. The number of ether oxygens (including phenoxy) is 2. The topological polar surface area (TPSA) is 230 Å². The highest BCUT2D eigenvalue weighted by molar-refractivity contribution is 7.47. The quantitative estimate of drug-likeness (QED) is 0.0101. The second-order valence-electron chi connectivity index (χ2n) is 16.4. The Morgan fingerprint density at radius 3 is 1.62 bits per heavy atom. The number of aliphatic hydroxyl groups is 6. The van der Waals surface area contributed by atoms with Crippen molar-refractivity contribution in [2.45, 2.75) is 198 Å². The summed E-state index contributed by atoms with van der Waals surface area (Å²) in [6.45, 7) is 2.97. The first-order valence-corrected chi connectivity index (χ1v) is 25.6. The second kappa shape index (κ2) is 39.7. The van der Waals surface area contributed by atoms with E-state index in [1.54, 1.807) is 12.2 Å². The van der Waals surface area contributed by atoms with Gasteiger partial charge in [-0.1, -0.05) is 150 Å². The number of allylic oxidation sites excluding steroid dienone is 15. The molecule has 0 bridgehead atoms. The number of hydrogen-bond donors (Lipinski definition) is 7. The molecule has 0 aromatic rings. The first kappa shape index (κ1) is 60.7. The summed E-state index contributed by atoms with van der Waals surface area (Å²) >= 11 is 0. The van der Waals surface area contributed by atoms with Crippen LogP contribution in [0.1, 0.15) is 149 Å². The fraction of sp³-hybridized carbons (Fsp3) is 0.647. The molecule has 1 aliphatic rings. The molecule has 0 saturated heterocycles. The maximum absolute atomic E-state index is 12.8. The van der Waals surface area contributed by atoms with Gasteiger partial charge in [0, 0.05) is 12.8 Å². The van der Waals surface area contributed by atoms with Gasteiger partial charge in [-0.2, -0.15) is 0 Å². The van der Waals surface area contributed by atoms with E-state index in [0.29, 0.717) is 6.42 Å². The molecule has 7 N–H and O–H groups in total. The van der Waals surface area contributed by atoms with Crippen LogP contribution in [0.4, 0.5) is 0 Å². The average Bonchev–Trinajstić information content (AvgIpc) is 3.29. The number of phosphoric ester groups is 1. The van der Waals surface area contributed by atoms with Gasteiger partial charge in [-0.15, -0.1) is 0 Å². The molecular weight excluding hydrogens is 868 g/mol. The lowest BCUT2D eigenvalue weighted by Crippen LogP contribution is -2.64. The third kappa shape index (κ3) is 31.7. The van der Waals surface area contributed by atoms with E-state index in [1.165, 1.54) is 19.3 Å². The van der Waals surface area contributed by atoms with Crippen LogP contribution in [-0.4, -0.2) is 110 Å². The normalized spacial score (nSPS) is 22.6. The number of phosphoric acid groups is 1. The summed E-state index contributed by atoms with van der Waals surface area (Å²) in [5, 5.41) is 60.6. The van der Waals surface area contributed by atoms with Gasteiger partial charge in [0.05, 0.1) is 12.7 Å². The van der Waals surface area contributed by atoms with Crippen LogP contribution >= 0.6 is 7.82 Å². The molecule has 9 atom stereocenters. The largest absolute Gasteiger partial charge is 0.472 e. The van der Waals surface area contributed by atoms with E-state index in [2.05, 4.69) is 86.8 Å². The summed E-state index contributed by atoms with van der Waals surface area (Å²) < 4.78 is 33.4. The van der Waals surface area contributed by atoms with Crippen LogP contribution < -0.4 is 0 Å². The summed E-state index contributed by atoms with van der Waals surface area (Å²) in [6.07, 6.45) is 36.1. The van der Waals surface area contributed by atoms with Crippen LogP contribution in [0.5, 0.6) is 0 Å². The number of esters is 2. The fourth-order valence-electron chi connectivity index (χ4n) is 6.62. The predicted molar refractivity (Wildman–Crippen MR) is 259 cm³/mol. The molecule has 1 rings (SSSR count). The van der Waals surface area contributed by atoms with E-state index >= 15 is 0 Å². The summed E-state index contributed by atoms with van der Waals surface area (Å²) in [5.41, 5.74) is 0. The minimum atomic E-state index is -5.19. The van der Waals surface area contributed by atoms with Gasteiger partial charge >= 0.3 is 19.8 Å². The van der Waals surface area contributed by atoms with Gasteiger partial charge in [0.15, 0.2) is 6.10 Å². The smallest absolute Gasteiger partial charge is 0.462 e. The van der Waals surface area contributed by atoms with E-state index in [4.69, 9.17) is 18.5 Å². The van der Waals surface area contributed by atoms with Crippen molar-refractivity contribution in [2.24, 2.45) is 0 Å². The van der Waals surface area contributed by atoms with Gasteiger partial charge in [0.25, 0.3) is 0 Å². The van der Waals surface area contributed by atoms with Crippen molar-refractivity contribution in [1.82, 2.24) is 0 Å². The van der Waals surface area contributed by atoms with Crippen LogP contribution in [0.3, 0.4) is 0 Å². The van der Waals surface area contributed by atoms with Crippen LogP contribution in [0, 0.1) is 0 Å².